The number of nitrogen functional groups attached to an aromatic ring is 1. The Bertz CT molecular complexity index is 1130. The number of amides is 1. The van der Waals surface area contributed by atoms with E-state index in [1.807, 2.05) is 62.0 Å². The molecule has 0 atom stereocenters. The molecule has 0 spiro atoms. The summed E-state index contributed by atoms with van der Waals surface area (Å²) in [6.07, 6.45) is 5.21. The van der Waals surface area contributed by atoms with Crippen molar-refractivity contribution in [3.05, 3.63) is 75.9 Å². The molecule has 148 valence electrons. The van der Waals surface area contributed by atoms with E-state index in [9.17, 15) is 4.79 Å². The third kappa shape index (κ3) is 3.92. The molecule has 0 bridgehead atoms. The van der Waals surface area contributed by atoms with Gasteiger partial charge in [-0.15, -0.1) is 0 Å². The third-order valence-corrected chi connectivity index (χ3v) is 5.34. The number of carbonyl (C=O) groups is 1. The standard InChI is InChI=1S/C23H25N5O/c1-14-4-8-21(20(24)10-14)27-23(29)17-7-9-22-19(11-17)12-25-28(22)13-18-6-5-15(2)26-16(18)3/h4-6,8,10-12H,7,9,13,24H2,1-3H3,(H,27,29). The Morgan fingerprint density at radius 1 is 1.17 bits per heavy atom. The molecule has 0 saturated carbocycles. The zero-order valence-electron chi connectivity index (χ0n) is 17.0. The number of carbonyl (C=O) groups excluding carboxylic acids is 1. The van der Waals surface area contributed by atoms with Crippen molar-refractivity contribution in [1.82, 2.24) is 14.8 Å². The second-order valence-corrected chi connectivity index (χ2v) is 7.62. The van der Waals surface area contributed by atoms with Crippen molar-refractivity contribution in [2.24, 2.45) is 0 Å². The molecule has 3 aromatic rings. The highest BCUT2D eigenvalue weighted by atomic mass is 16.1. The molecule has 2 heterocycles. The van der Waals surface area contributed by atoms with Gasteiger partial charge in [0.1, 0.15) is 0 Å². The average Bonchev–Trinajstić information content (AvgIpc) is 3.08. The van der Waals surface area contributed by atoms with Crippen LogP contribution in [0.2, 0.25) is 0 Å². The highest BCUT2D eigenvalue weighted by molar-refractivity contribution is 6.08. The maximum Gasteiger partial charge on any atom is 0.251 e. The summed E-state index contributed by atoms with van der Waals surface area (Å²) in [4.78, 5) is 17.3. The zero-order chi connectivity index (χ0) is 20.5. The van der Waals surface area contributed by atoms with Crippen LogP contribution in [0.1, 0.15) is 40.2 Å². The number of anilines is 2. The molecule has 0 unspecified atom stereocenters. The van der Waals surface area contributed by atoms with E-state index >= 15 is 0 Å². The first-order valence-electron chi connectivity index (χ1n) is 9.76. The predicted octanol–water partition coefficient (Wildman–Crippen LogP) is 3.80. The lowest BCUT2D eigenvalue weighted by atomic mass is 9.97. The minimum Gasteiger partial charge on any atom is -0.397 e. The normalized spacial score (nSPS) is 13.0. The maximum atomic E-state index is 12.7. The number of aromatic nitrogens is 3. The summed E-state index contributed by atoms with van der Waals surface area (Å²) in [6, 6.07) is 9.76. The van der Waals surface area contributed by atoms with Gasteiger partial charge in [-0.25, -0.2) is 0 Å². The molecule has 0 aliphatic heterocycles. The Hall–Kier alpha value is -3.41. The number of fused-ring (bicyclic) bond motifs is 1. The molecule has 1 aliphatic rings. The fourth-order valence-corrected chi connectivity index (χ4v) is 3.69. The van der Waals surface area contributed by atoms with Gasteiger partial charge in [-0.1, -0.05) is 12.1 Å². The lowest BCUT2D eigenvalue weighted by Gasteiger charge is -2.17. The summed E-state index contributed by atoms with van der Waals surface area (Å²) in [5.41, 5.74) is 14.4. The second kappa shape index (κ2) is 7.54. The largest absolute Gasteiger partial charge is 0.397 e. The summed E-state index contributed by atoms with van der Waals surface area (Å²) < 4.78 is 2.01. The first-order valence-corrected chi connectivity index (χ1v) is 9.76. The lowest BCUT2D eigenvalue weighted by Crippen LogP contribution is -2.18. The maximum absolute atomic E-state index is 12.7. The summed E-state index contributed by atoms with van der Waals surface area (Å²) in [5, 5.41) is 7.48. The van der Waals surface area contributed by atoms with Crippen LogP contribution in [0.4, 0.5) is 11.4 Å². The van der Waals surface area contributed by atoms with Crippen LogP contribution in [0.15, 0.2) is 42.1 Å². The van der Waals surface area contributed by atoms with Crippen molar-refractivity contribution >= 4 is 23.4 Å². The van der Waals surface area contributed by atoms with Crippen LogP contribution in [0.3, 0.4) is 0 Å². The highest BCUT2D eigenvalue weighted by Crippen LogP contribution is 2.27. The Morgan fingerprint density at radius 3 is 2.76 bits per heavy atom. The van der Waals surface area contributed by atoms with Crippen LogP contribution in [-0.2, 0) is 17.8 Å². The van der Waals surface area contributed by atoms with Crippen LogP contribution in [-0.4, -0.2) is 20.7 Å². The van der Waals surface area contributed by atoms with Crippen LogP contribution in [0.5, 0.6) is 0 Å². The van der Waals surface area contributed by atoms with Gasteiger partial charge >= 0.3 is 0 Å². The number of pyridine rings is 1. The molecule has 6 nitrogen and oxygen atoms in total. The molecule has 0 radical (unpaired) electrons. The number of benzene rings is 1. The topological polar surface area (TPSA) is 85.8 Å². The van der Waals surface area contributed by atoms with Gasteiger partial charge in [0.05, 0.1) is 24.1 Å². The van der Waals surface area contributed by atoms with Crippen LogP contribution in [0.25, 0.3) is 6.08 Å². The molecule has 1 aromatic carbocycles. The van der Waals surface area contributed by atoms with Gasteiger partial charge in [-0.3, -0.25) is 14.5 Å². The van der Waals surface area contributed by atoms with E-state index in [1.165, 1.54) is 0 Å². The Labute approximate surface area is 170 Å². The summed E-state index contributed by atoms with van der Waals surface area (Å²) in [6.45, 7) is 6.67. The number of aryl methyl sites for hydroxylation is 3. The van der Waals surface area contributed by atoms with Crippen molar-refractivity contribution in [3.8, 4) is 0 Å². The fourth-order valence-electron chi connectivity index (χ4n) is 3.69. The summed E-state index contributed by atoms with van der Waals surface area (Å²) in [7, 11) is 0. The van der Waals surface area contributed by atoms with Crippen LogP contribution in [0, 0.1) is 20.8 Å². The Kier molecular flexibility index (Phi) is 4.92. The molecule has 3 N–H and O–H groups in total. The van der Waals surface area contributed by atoms with Crippen molar-refractivity contribution < 1.29 is 4.79 Å². The minimum atomic E-state index is -0.113. The number of nitrogens with one attached hydrogen (secondary N) is 1. The molecule has 29 heavy (non-hydrogen) atoms. The number of rotatable bonds is 4. The third-order valence-electron chi connectivity index (χ3n) is 5.34. The molecule has 0 saturated heterocycles. The van der Waals surface area contributed by atoms with E-state index in [0.29, 0.717) is 24.3 Å². The highest BCUT2D eigenvalue weighted by Gasteiger charge is 2.20. The molecule has 0 fully saturated rings. The van der Waals surface area contributed by atoms with Gasteiger partial charge in [0.25, 0.3) is 5.91 Å². The van der Waals surface area contributed by atoms with Crippen molar-refractivity contribution in [2.75, 3.05) is 11.1 Å². The molecule has 1 amide bonds. The van der Waals surface area contributed by atoms with Crippen molar-refractivity contribution in [2.45, 2.75) is 40.2 Å². The average molecular weight is 387 g/mol. The number of nitrogens with two attached hydrogens (primary N) is 1. The Morgan fingerprint density at radius 2 is 2.00 bits per heavy atom. The Balaban J connectivity index is 1.53. The van der Waals surface area contributed by atoms with Crippen LogP contribution < -0.4 is 11.1 Å². The molecule has 6 heteroatoms. The van der Waals surface area contributed by atoms with Crippen molar-refractivity contribution in [1.29, 1.82) is 0 Å². The monoisotopic (exact) mass is 387 g/mol. The summed E-state index contributed by atoms with van der Waals surface area (Å²) >= 11 is 0. The SMILES string of the molecule is Cc1ccc(NC(=O)C2=Cc3cnn(Cc4ccc(C)nc4C)c3CC2)c(N)c1. The van der Waals surface area contributed by atoms with Gasteiger partial charge in [0.2, 0.25) is 0 Å². The first kappa shape index (κ1) is 18.9. The van der Waals surface area contributed by atoms with E-state index in [2.05, 4.69) is 21.5 Å². The fraction of sp³-hybridized carbons (Fsp3) is 0.261. The van der Waals surface area contributed by atoms with Gasteiger partial charge in [-0.05, 0) is 69.0 Å². The number of nitrogens with zero attached hydrogens (tertiary/aromatic N) is 3. The van der Waals surface area contributed by atoms with Crippen LogP contribution >= 0.6 is 0 Å². The number of hydrogen-bond acceptors (Lipinski definition) is 4. The smallest absolute Gasteiger partial charge is 0.251 e. The quantitative estimate of drug-likeness (QED) is 0.667. The van der Waals surface area contributed by atoms with E-state index < -0.39 is 0 Å². The molecule has 2 aromatic heterocycles. The van der Waals surface area contributed by atoms with Gasteiger partial charge in [-0.2, -0.15) is 5.10 Å². The zero-order valence-corrected chi connectivity index (χ0v) is 17.0. The lowest BCUT2D eigenvalue weighted by molar-refractivity contribution is -0.112. The van der Waals surface area contributed by atoms with E-state index in [1.54, 1.807) is 0 Å². The van der Waals surface area contributed by atoms with E-state index in [0.717, 1.165) is 45.8 Å². The molecule has 4 rings (SSSR count). The predicted molar refractivity (Wildman–Crippen MR) is 116 cm³/mol. The second-order valence-electron chi connectivity index (χ2n) is 7.62. The molecule has 1 aliphatic carbocycles. The van der Waals surface area contributed by atoms with E-state index in [4.69, 9.17) is 5.73 Å². The first-order chi connectivity index (χ1) is 13.9. The minimum absolute atomic E-state index is 0.113. The summed E-state index contributed by atoms with van der Waals surface area (Å²) in [5.74, 6) is -0.113. The van der Waals surface area contributed by atoms with E-state index in [-0.39, 0.29) is 5.91 Å². The van der Waals surface area contributed by atoms with Gasteiger partial charge in [0, 0.05) is 28.2 Å². The number of hydrogen-bond donors (Lipinski definition) is 2. The molecular formula is C23H25N5O. The van der Waals surface area contributed by atoms with Crippen molar-refractivity contribution in [3.63, 3.8) is 0 Å². The van der Waals surface area contributed by atoms with Gasteiger partial charge in [0.15, 0.2) is 0 Å². The molecular weight excluding hydrogens is 362 g/mol. The van der Waals surface area contributed by atoms with Gasteiger partial charge < -0.3 is 11.1 Å².